The van der Waals surface area contributed by atoms with Crippen LogP contribution < -0.4 is 4.90 Å². The van der Waals surface area contributed by atoms with Gasteiger partial charge in [-0.15, -0.1) is 10.2 Å². The predicted molar refractivity (Wildman–Crippen MR) is 69.6 cm³/mol. The third-order valence-corrected chi connectivity index (χ3v) is 3.79. The van der Waals surface area contributed by atoms with Gasteiger partial charge in [-0.3, -0.25) is 0 Å². The summed E-state index contributed by atoms with van der Waals surface area (Å²) in [5.74, 6) is 2.18. The van der Waals surface area contributed by atoms with Crippen molar-refractivity contribution >= 4 is 29.0 Å². The highest BCUT2D eigenvalue weighted by molar-refractivity contribution is 6.32. The molecule has 0 amide bonds. The SMILES string of the molecule is CC(C)C1CCN(c2nc(Cl)nnc2Cl)CC1. The van der Waals surface area contributed by atoms with Gasteiger partial charge in [0, 0.05) is 13.1 Å². The first-order chi connectivity index (χ1) is 8.08. The van der Waals surface area contributed by atoms with Crippen LogP contribution in [0.5, 0.6) is 0 Å². The van der Waals surface area contributed by atoms with E-state index in [1.807, 2.05) is 0 Å². The number of hydrogen-bond donors (Lipinski definition) is 0. The number of anilines is 1. The van der Waals surface area contributed by atoms with Gasteiger partial charge in [-0.25, -0.2) is 0 Å². The van der Waals surface area contributed by atoms with E-state index in [9.17, 15) is 0 Å². The Balaban J connectivity index is 2.07. The highest BCUT2D eigenvalue weighted by Crippen LogP contribution is 2.29. The van der Waals surface area contributed by atoms with Gasteiger partial charge in [0.25, 0.3) is 0 Å². The van der Waals surface area contributed by atoms with Crippen LogP contribution in [0.2, 0.25) is 10.4 Å². The number of hydrogen-bond acceptors (Lipinski definition) is 4. The maximum atomic E-state index is 5.99. The third kappa shape index (κ3) is 2.99. The van der Waals surface area contributed by atoms with Crippen LogP contribution in [0.3, 0.4) is 0 Å². The summed E-state index contributed by atoms with van der Waals surface area (Å²) in [7, 11) is 0. The van der Waals surface area contributed by atoms with E-state index in [4.69, 9.17) is 23.2 Å². The molecule has 0 spiro atoms. The first kappa shape index (κ1) is 12.8. The molecule has 0 radical (unpaired) electrons. The normalized spacial score (nSPS) is 17.8. The van der Waals surface area contributed by atoms with Crippen molar-refractivity contribution in [2.75, 3.05) is 18.0 Å². The fourth-order valence-corrected chi connectivity index (χ4v) is 2.58. The Morgan fingerprint density at radius 3 is 2.41 bits per heavy atom. The van der Waals surface area contributed by atoms with Crippen molar-refractivity contribution in [1.29, 1.82) is 0 Å². The van der Waals surface area contributed by atoms with Crippen molar-refractivity contribution in [2.24, 2.45) is 11.8 Å². The summed E-state index contributed by atoms with van der Waals surface area (Å²) in [6.45, 7) is 6.46. The first-order valence-electron chi connectivity index (χ1n) is 5.88. The van der Waals surface area contributed by atoms with E-state index >= 15 is 0 Å². The Labute approximate surface area is 111 Å². The van der Waals surface area contributed by atoms with E-state index in [2.05, 4.69) is 33.9 Å². The van der Waals surface area contributed by atoms with Gasteiger partial charge in [-0.05, 0) is 36.3 Å². The maximum absolute atomic E-state index is 5.99. The molecule has 6 heteroatoms. The monoisotopic (exact) mass is 274 g/mol. The molecule has 1 aliphatic heterocycles. The van der Waals surface area contributed by atoms with Crippen molar-refractivity contribution in [2.45, 2.75) is 26.7 Å². The van der Waals surface area contributed by atoms with Crippen LogP contribution in [-0.4, -0.2) is 28.3 Å². The molecule has 0 saturated carbocycles. The highest BCUT2D eigenvalue weighted by atomic mass is 35.5. The second-order valence-corrected chi connectivity index (χ2v) is 5.46. The molecule has 0 aromatic carbocycles. The lowest BCUT2D eigenvalue weighted by Crippen LogP contribution is -2.36. The summed E-state index contributed by atoms with van der Waals surface area (Å²) in [6, 6.07) is 0. The molecule has 4 nitrogen and oxygen atoms in total. The number of nitrogens with zero attached hydrogens (tertiary/aromatic N) is 4. The van der Waals surface area contributed by atoms with E-state index in [1.54, 1.807) is 0 Å². The van der Waals surface area contributed by atoms with Crippen LogP contribution >= 0.6 is 23.2 Å². The van der Waals surface area contributed by atoms with Crippen LogP contribution in [-0.2, 0) is 0 Å². The fraction of sp³-hybridized carbons (Fsp3) is 0.727. The summed E-state index contributed by atoms with van der Waals surface area (Å²) in [6.07, 6.45) is 2.32. The average Bonchev–Trinajstić information content (AvgIpc) is 2.32. The minimum atomic E-state index is 0.149. The Morgan fingerprint density at radius 2 is 1.82 bits per heavy atom. The molecule has 1 fully saturated rings. The lowest BCUT2D eigenvalue weighted by molar-refractivity contribution is 0.310. The smallest absolute Gasteiger partial charge is 0.245 e. The summed E-state index contributed by atoms with van der Waals surface area (Å²) in [5, 5.41) is 7.89. The molecule has 94 valence electrons. The van der Waals surface area contributed by atoms with E-state index in [0.717, 1.165) is 37.8 Å². The van der Waals surface area contributed by atoms with Crippen LogP contribution in [0.15, 0.2) is 0 Å². The van der Waals surface area contributed by atoms with Crippen LogP contribution in [0.1, 0.15) is 26.7 Å². The Morgan fingerprint density at radius 1 is 1.18 bits per heavy atom. The number of piperidine rings is 1. The lowest BCUT2D eigenvalue weighted by atomic mass is 9.87. The van der Waals surface area contributed by atoms with Gasteiger partial charge in [0.2, 0.25) is 5.28 Å². The minimum Gasteiger partial charge on any atom is -0.354 e. The van der Waals surface area contributed by atoms with Gasteiger partial charge in [0.15, 0.2) is 11.0 Å². The van der Waals surface area contributed by atoms with Gasteiger partial charge < -0.3 is 4.90 Å². The highest BCUT2D eigenvalue weighted by Gasteiger charge is 2.24. The van der Waals surface area contributed by atoms with E-state index in [-0.39, 0.29) is 5.28 Å². The van der Waals surface area contributed by atoms with Crippen molar-refractivity contribution in [1.82, 2.24) is 15.2 Å². The van der Waals surface area contributed by atoms with Crippen LogP contribution in [0, 0.1) is 11.8 Å². The standard InChI is InChI=1S/C11H16Cl2N4/c1-7(2)8-3-5-17(6-4-8)10-9(12)15-16-11(13)14-10/h7-8H,3-6H2,1-2H3. The van der Waals surface area contributed by atoms with Crippen LogP contribution in [0.4, 0.5) is 5.82 Å². The van der Waals surface area contributed by atoms with Gasteiger partial charge >= 0.3 is 0 Å². The maximum Gasteiger partial charge on any atom is 0.245 e. The topological polar surface area (TPSA) is 41.9 Å². The second-order valence-electron chi connectivity index (χ2n) is 4.76. The fourth-order valence-electron chi connectivity index (χ4n) is 2.26. The summed E-state index contributed by atoms with van der Waals surface area (Å²) < 4.78 is 0. The van der Waals surface area contributed by atoms with Gasteiger partial charge in [-0.2, -0.15) is 4.98 Å². The summed E-state index contributed by atoms with van der Waals surface area (Å²) in [4.78, 5) is 6.29. The molecule has 1 aromatic heterocycles. The molecule has 1 aliphatic rings. The second kappa shape index (κ2) is 5.36. The molecule has 2 rings (SSSR count). The van der Waals surface area contributed by atoms with Crippen molar-refractivity contribution in [3.8, 4) is 0 Å². The molecule has 0 aliphatic carbocycles. The van der Waals surface area contributed by atoms with Crippen LogP contribution in [0.25, 0.3) is 0 Å². The Kier molecular flexibility index (Phi) is 4.05. The molecular formula is C11H16Cl2N4. The van der Waals surface area contributed by atoms with Crippen molar-refractivity contribution < 1.29 is 0 Å². The largest absolute Gasteiger partial charge is 0.354 e. The molecule has 17 heavy (non-hydrogen) atoms. The zero-order valence-electron chi connectivity index (χ0n) is 10.0. The zero-order valence-corrected chi connectivity index (χ0v) is 11.5. The molecule has 0 atom stereocenters. The van der Waals surface area contributed by atoms with Gasteiger partial charge in [0.05, 0.1) is 0 Å². The van der Waals surface area contributed by atoms with E-state index in [1.165, 1.54) is 0 Å². The molecule has 1 saturated heterocycles. The summed E-state index contributed by atoms with van der Waals surface area (Å²) >= 11 is 11.7. The molecule has 0 unspecified atom stereocenters. The number of rotatable bonds is 2. The first-order valence-corrected chi connectivity index (χ1v) is 6.64. The quantitative estimate of drug-likeness (QED) is 0.832. The Bertz CT molecular complexity index is 389. The average molecular weight is 275 g/mol. The molecule has 0 bridgehead atoms. The molecule has 1 aromatic rings. The predicted octanol–water partition coefficient (Wildman–Crippen LogP) is 3.05. The zero-order chi connectivity index (χ0) is 12.4. The number of aromatic nitrogens is 3. The van der Waals surface area contributed by atoms with E-state index < -0.39 is 0 Å². The van der Waals surface area contributed by atoms with Gasteiger partial charge in [0.1, 0.15) is 0 Å². The lowest BCUT2D eigenvalue weighted by Gasteiger charge is -2.34. The Hall–Kier alpha value is -0.610. The van der Waals surface area contributed by atoms with Gasteiger partial charge in [-0.1, -0.05) is 25.4 Å². The molecule has 2 heterocycles. The summed E-state index contributed by atoms with van der Waals surface area (Å²) in [5.41, 5.74) is 0. The third-order valence-electron chi connectivity index (χ3n) is 3.38. The number of halogens is 2. The van der Waals surface area contributed by atoms with Crippen molar-refractivity contribution in [3.63, 3.8) is 0 Å². The molecular weight excluding hydrogens is 259 g/mol. The minimum absolute atomic E-state index is 0.149. The molecule has 0 N–H and O–H groups in total. The van der Waals surface area contributed by atoms with Crippen molar-refractivity contribution in [3.05, 3.63) is 10.4 Å². The van der Waals surface area contributed by atoms with E-state index in [0.29, 0.717) is 11.0 Å².